The molecule has 0 aliphatic carbocycles. The third-order valence-corrected chi connectivity index (χ3v) is 4.93. The van der Waals surface area contributed by atoms with Gasteiger partial charge < -0.3 is 18.9 Å². The van der Waals surface area contributed by atoms with Crippen LogP contribution in [0, 0.1) is 0 Å². The lowest BCUT2D eigenvalue weighted by Gasteiger charge is -2.10. The van der Waals surface area contributed by atoms with E-state index in [9.17, 15) is 19.2 Å². The van der Waals surface area contributed by atoms with Gasteiger partial charge in [0.2, 0.25) is 0 Å². The van der Waals surface area contributed by atoms with Gasteiger partial charge in [-0.2, -0.15) is 0 Å². The van der Waals surface area contributed by atoms with Crippen LogP contribution >= 0.6 is 0 Å². The Morgan fingerprint density at radius 3 is 1.61 bits per heavy atom. The third-order valence-electron chi connectivity index (χ3n) is 4.93. The Kier molecular flexibility index (Phi) is 9.26. The molecule has 8 heteroatoms. The molecule has 0 aromatic heterocycles. The Balaban J connectivity index is 1.81. The van der Waals surface area contributed by atoms with Gasteiger partial charge in [-0.3, -0.25) is 4.79 Å². The Bertz CT molecular complexity index is 1430. The van der Waals surface area contributed by atoms with Gasteiger partial charge in [-0.15, -0.1) is 0 Å². The molecule has 0 amide bonds. The van der Waals surface area contributed by atoms with Gasteiger partial charge in [0, 0.05) is 18.2 Å². The molecule has 0 saturated heterocycles. The van der Waals surface area contributed by atoms with Crippen LogP contribution in [0.2, 0.25) is 0 Å². The van der Waals surface area contributed by atoms with E-state index in [0.29, 0.717) is 5.56 Å². The van der Waals surface area contributed by atoms with E-state index < -0.39 is 17.9 Å². The second kappa shape index (κ2) is 13.0. The van der Waals surface area contributed by atoms with Crippen molar-refractivity contribution >= 4 is 36.5 Å². The average Bonchev–Trinajstić information content (AvgIpc) is 2.94. The van der Waals surface area contributed by atoms with E-state index in [0.717, 1.165) is 34.9 Å². The highest BCUT2D eigenvalue weighted by atomic mass is 16.6. The molecule has 0 aliphatic heterocycles. The van der Waals surface area contributed by atoms with Gasteiger partial charge in [-0.25, -0.2) is 14.4 Å². The number of carbonyl (C=O) groups excluding carboxylic acids is 4. The number of rotatable bonds is 11. The zero-order valence-corrected chi connectivity index (χ0v) is 20.1. The van der Waals surface area contributed by atoms with Crippen LogP contribution in [-0.4, -0.2) is 24.4 Å². The topological polar surface area (TPSA) is 105 Å². The summed E-state index contributed by atoms with van der Waals surface area (Å²) in [6.07, 6.45) is 6.63. The summed E-state index contributed by atoms with van der Waals surface area (Å²) in [5, 5.41) is 0. The first kappa shape index (κ1) is 27.1. The molecule has 0 saturated carbocycles. The van der Waals surface area contributed by atoms with Gasteiger partial charge in [0.15, 0.2) is 23.0 Å². The molecule has 3 aromatic rings. The van der Waals surface area contributed by atoms with Crippen LogP contribution in [0.4, 0.5) is 0 Å². The van der Waals surface area contributed by atoms with Gasteiger partial charge in [-0.05, 0) is 46.5 Å². The van der Waals surface area contributed by atoms with Crippen LogP contribution in [0.15, 0.2) is 98.6 Å². The summed E-state index contributed by atoms with van der Waals surface area (Å²) in [4.78, 5) is 45.7. The first-order chi connectivity index (χ1) is 18.4. The molecule has 0 radical (unpaired) electrons. The molecule has 0 N–H and O–H groups in total. The summed E-state index contributed by atoms with van der Waals surface area (Å²) in [6, 6.07) is 17.0. The summed E-state index contributed by atoms with van der Waals surface area (Å²) in [6.45, 7) is 10.3. The second-order valence-electron chi connectivity index (χ2n) is 7.41. The molecule has 0 atom stereocenters. The van der Waals surface area contributed by atoms with E-state index in [4.69, 9.17) is 18.9 Å². The highest BCUT2D eigenvalue weighted by Gasteiger charge is 2.13. The van der Waals surface area contributed by atoms with Gasteiger partial charge >= 0.3 is 17.9 Å². The zero-order valence-electron chi connectivity index (χ0n) is 20.1. The van der Waals surface area contributed by atoms with Crippen molar-refractivity contribution in [3.63, 3.8) is 0 Å². The molecule has 0 fully saturated rings. The lowest BCUT2D eigenvalue weighted by atomic mass is 10.0. The monoisotopic (exact) mass is 510 g/mol. The molecule has 0 bridgehead atoms. The van der Waals surface area contributed by atoms with Crippen molar-refractivity contribution in [2.75, 3.05) is 0 Å². The summed E-state index contributed by atoms with van der Waals surface area (Å²) < 4.78 is 20.4. The molecular formula is C30H22O8. The lowest BCUT2D eigenvalue weighted by molar-refractivity contribution is -0.131. The smallest absolute Gasteiger partial charge is 0.335 e. The van der Waals surface area contributed by atoms with Crippen molar-refractivity contribution in [2.24, 2.45) is 0 Å². The standard InChI is InChI=1S/C30H22O8/c1-4-28(32)36-24-16-14-23(18-26(24)35-19-31)22-12-9-20(10-13-22)7-8-21-11-15-25(37-29(33)5-2)27(17-21)38-30(34)6-3/h4-19H,1-3H2/b8-7+. The van der Waals surface area contributed by atoms with Crippen molar-refractivity contribution < 1.29 is 38.1 Å². The molecule has 0 spiro atoms. The number of esters is 3. The SMILES string of the molecule is C=CC(=O)Oc1ccc(-c2ccc(/C=C/c3ccc(OC(=O)C=C)c(OC(=O)C=C)c3)cc2)cc1OC=O. The van der Waals surface area contributed by atoms with Crippen molar-refractivity contribution in [1.29, 1.82) is 0 Å². The van der Waals surface area contributed by atoms with E-state index in [1.54, 1.807) is 30.3 Å². The normalized spacial score (nSPS) is 10.2. The summed E-state index contributed by atoms with van der Waals surface area (Å²) in [7, 11) is 0. The molecular weight excluding hydrogens is 488 g/mol. The summed E-state index contributed by atoms with van der Waals surface area (Å²) in [5.74, 6) is -1.77. The fraction of sp³-hybridized carbons (Fsp3) is 0. The van der Waals surface area contributed by atoms with Gasteiger partial charge in [0.25, 0.3) is 6.47 Å². The minimum absolute atomic E-state index is 0.0539. The maximum Gasteiger partial charge on any atom is 0.335 e. The quantitative estimate of drug-likeness (QED) is 0.112. The van der Waals surface area contributed by atoms with Gasteiger partial charge in [0.1, 0.15) is 0 Å². The van der Waals surface area contributed by atoms with Crippen molar-refractivity contribution in [3.05, 3.63) is 110 Å². The Hall–Kier alpha value is -5.50. The highest BCUT2D eigenvalue weighted by Crippen LogP contribution is 2.33. The minimum atomic E-state index is -0.703. The number of hydrogen-bond donors (Lipinski definition) is 0. The van der Waals surface area contributed by atoms with E-state index in [1.807, 2.05) is 30.3 Å². The Morgan fingerprint density at radius 2 is 1.03 bits per heavy atom. The van der Waals surface area contributed by atoms with Crippen molar-refractivity contribution in [2.45, 2.75) is 0 Å². The van der Waals surface area contributed by atoms with E-state index >= 15 is 0 Å². The zero-order chi connectivity index (χ0) is 27.5. The molecule has 0 heterocycles. The van der Waals surface area contributed by atoms with Crippen LogP contribution in [0.3, 0.4) is 0 Å². The molecule has 0 aliphatic rings. The second-order valence-corrected chi connectivity index (χ2v) is 7.41. The molecule has 8 nitrogen and oxygen atoms in total. The minimum Gasteiger partial charge on any atom is -0.425 e. The van der Waals surface area contributed by atoms with E-state index in [-0.39, 0.29) is 29.5 Å². The van der Waals surface area contributed by atoms with Crippen LogP contribution in [0.5, 0.6) is 23.0 Å². The number of carbonyl (C=O) groups is 4. The Labute approximate surface area is 218 Å². The summed E-state index contributed by atoms with van der Waals surface area (Å²) >= 11 is 0. The van der Waals surface area contributed by atoms with Crippen molar-refractivity contribution in [3.8, 4) is 34.1 Å². The van der Waals surface area contributed by atoms with E-state index in [1.165, 1.54) is 12.1 Å². The fourth-order valence-electron chi connectivity index (χ4n) is 3.14. The van der Waals surface area contributed by atoms with Gasteiger partial charge in [0.05, 0.1) is 0 Å². The predicted octanol–water partition coefficient (Wildman–Crippen LogP) is 5.33. The Morgan fingerprint density at radius 1 is 0.553 bits per heavy atom. The fourth-order valence-corrected chi connectivity index (χ4v) is 3.14. The maximum atomic E-state index is 11.7. The summed E-state index contributed by atoms with van der Waals surface area (Å²) in [5.41, 5.74) is 3.10. The lowest BCUT2D eigenvalue weighted by Crippen LogP contribution is -2.08. The van der Waals surface area contributed by atoms with Crippen LogP contribution in [0.25, 0.3) is 23.3 Å². The van der Waals surface area contributed by atoms with E-state index in [2.05, 4.69) is 19.7 Å². The van der Waals surface area contributed by atoms with Crippen LogP contribution in [-0.2, 0) is 19.2 Å². The van der Waals surface area contributed by atoms with Crippen molar-refractivity contribution in [1.82, 2.24) is 0 Å². The molecule has 0 unspecified atom stereocenters. The highest BCUT2D eigenvalue weighted by molar-refractivity contribution is 5.87. The number of benzene rings is 3. The first-order valence-corrected chi connectivity index (χ1v) is 11.1. The molecule has 3 rings (SSSR count). The number of ether oxygens (including phenoxy) is 4. The average molecular weight is 510 g/mol. The van der Waals surface area contributed by atoms with Crippen LogP contribution in [0.1, 0.15) is 11.1 Å². The maximum absolute atomic E-state index is 11.7. The molecule has 190 valence electrons. The van der Waals surface area contributed by atoms with Gasteiger partial charge in [-0.1, -0.05) is 68.3 Å². The number of hydrogen-bond acceptors (Lipinski definition) is 8. The predicted molar refractivity (Wildman–Crippen MR) is 141 cm³/mol. The van der Waals surface area contributed by atoms with Crippen LogP contribution < -0.4 is 18.9 Å². The third kappa shape index (κ3) is 7.25. The largest absolute Gasteiger partial charge is 0.425 e. The molecule has 38 heavy (non-hydrogen) atoms. The molecule has 3 aromatic carbocycles. The first-order valence-electron chi connectivity index (χ1n) is 11.1.